The van der Waals surface area contributed by atoms with E-state index in [1.165, 1.54) is 18.4 Å². The average molecular weight is 247 g/mol. The third-order valence-corrected chi connectivity index (χ3v) is 3.89. The van der Waals surface area contributed by atoms with Crippen LogP contribution in [0.25, 0.3) is 0 Å². The maximum Gasteiger partial charge on any atom is 0.128 e. The fourth-order valence-electron chi connectivity index (χ4n) is 2.55. The van der Waals surface area contributed by atoms with Crippen molar-refractivity contribution in [3.63, 3.8) is 0 Å². The van der Waals surface area contributed by atoms with Crippen LogP contribution >= 0.6 is 0 Å². The minimum atomic E-state index is 0.571. The summed E-state index contributed by atoms with van der Waals surface area (Å²) in [5.41, 5.74) is 1.38. The zero-order valence-electron chi connectivity index (χ0n) is 12.1. The van der Waals surface area contributed by atoms with Crippen LogP contribution in [0.1, 0.15) is 38.2 Å². The molecule has 2 rings (SSSR count). The first-order chi connectivity index (χ1) is 8.58. The molecule has 0 aliphatic carbocycles. The van der Waals surface area contributed by atoms with Crippen LogP contribution < -0.4 is 4.90 Å². The first kappa shape index (κ1) is 13.3. The molecule has 1 aromatic heterocycles. The molecule has 100 valence electrons. The van der Waals surface area contributed by atoms with Crippen molar-refractivity contribution in [3.8, 4) is 0 Å². The van der Waals surface area contributed by atoms with Gasteiger partial charge in [0.25, 0.3) is 0 Å². The molecule has 0 bridgehead atoms. The van der Waals surface area contributed by atoms with Crippen molar-refractivity contribution in [2.24, 2.45) is 0 Å². The summed E-state index contributed by atoms with van der Waals surface area (Å²) in [7, 11) is 4.35. The van der Waals surface area contributed by atoms with Crippen LogP contribution in [-0.2, 0) is 0 Å². The number of nitrogens with zero attached hydrogens (tertiary/aromatic N) is 3. The standard InChI is InChI=1S/C15H25N3/c1-12(2)13-7-8-16-15(10-13)18-9-5-6-14(11-18)17(3)4/h7-8,10,12,14H,5-6,9,11H2,1-4H3. The van der Waals surface area contributed by atoms with Crippen LogP contribution in [0.5, 0.6) is 0 Å². The first-order valence-corrected chi connectivity index (χ1v) is 6.95. The van der Waals surface area contributed by atoms with E-state index >= 15 is 0 Å². The van der Waals surface area contributed by atoms with Gasteiger partial charge < -0.3 is 9.80 Å². The van der Waals surface area contributed by atoms with Gasteiger partial charge in [-0.15, -0.1) is 0 Å². The molecule has 0 radical (unpaired) electrons. The van der Waals surface area contributed by atoms with Gasteiger partial charge in [0.05, 0.1) is 0 Å². The Hall–Kier alpha value is -1.09. The third-order valence-electron chi connectivity index (χ3n) is 3.89. The molecule has 1 aliphatic heterocycles. The second-order valence-corrected chi connectivity index (χ2v) is 5.81. The Bertz CT molecular complexity index is 387. The summed E-state index contributed by atoms with van der Waals surface area (Å²) in [6, 6.07) is 5.04. The molecule has 0 aromatic carbocycles. The lowest BCUT2D eigenvalue weighted by Crippen LogP contribution is -2.45. The van der Waals surface area contributed by atoms with Gasteiger partial charge in [0.2, 0.25) is 0 Å². The molecule has 1 aromatic rings. The van der Waals surface area contributed by atoms with E-state index in [1.807, 2.05) is 6.20 Å². The van der Waals surface area contributed by atoms with Gasteiger partial charge in [-0.05, 0) is 50.6 Å². The lowest BCUT2D eigenvalue weighted by molar-refractivity contribution is 0.257. The highest BCUT2D eigenvalue weighted by atomic mass is 15.2. The number of aromatic nitrogens is 1. The molecule has 1 unspecified atom stereocenters. The fraction of sp³-hybridized carbons (Fsp3) is 0.667. The highest BCUT2D eigenvalue weighted by Gasteiger charge is 2.22. The zero-order chi connectivity index (χ0) is 13.1. The molecule has 0 amide bonds. The molecule has 1 fully saturated rings. The van der Waals surface area contributed by atoms with E-state index in [-0.39, 0.29) is 0 Å². The van der Waals surface area contributed by atoms with Crippen LogP contribution in [0, 0.1) is 0 Å². The molecule has 1 saturated heterocycles. The monoisotopic (exact) mass is 247 g/mol. The van der Waals surface area contributed by atoms with Crippen LogP contribution in [0.4, 0.5) is 5.82 Å². The van der Waals surface area contributed by atoms with E-state index in [0.29, 0.717) is 12.0 Å². The summed E-state index contributed by atoms with van der Waals surface area (Å²) in [6.45, 7) is 6.70. The summed E-state index contributed by atoms with van der Waals surface area (Å²) >= 11 is 0. The number of hydrogen-bond donors (Lipinski definition) is 0. The molecule has 0 spiro atoms. The van der Waals surface area contributed by atoms with Gasteiger partial charge in [-0.3, -0.25) is 0 Å². The summed E-state index contributed by atoms with van der Waals surface area (Å²) in [6.07, 6.45) is 4.51. The van der Waals surface area contributed by atoms with Crippen LogP contribution in [0.2, 0.25) is 0 Å². The summed E-state index contributed by atoms with van der Waals surface area (Å²) < 4.78 is 0. The predicted molar refractivity (Wildman–Crippen MR) is 77.2 cm³/mol. The summed E-state index contributed by atoms with van der Waals surface area (Å²) in [5, 5.41) is 0. The van der Waals surface area contributed by atoms with E-state index < -0.39 is 0 Å². The van der Waals surface area contributed by atoms with Crippen LogP contribution in [0.15, 0.2) is 18.3 Å². The predicted octanol–water partition coefficient (Wildman–Crippen LogP) is 2.74. The van der Waals surface area contributed by atoms with Gasteiger partial charge in [0, 0.05) is 25.3 Å². The van der Waals surface area contributed by atoms with E-state index in [4.69, 9.17) is 0 Å². The van der Waals surface area contributed by atoms with Crippen LogP contribution in [0.3, 0.4) is 0 Å². The first-order valence-electron chi connectivity index (χ1n) is 6.95. The lowest BCUT2D eigenvalue weighted by Gasteiger charge is -2.37. The quantitative estimate of drug-likeness (QED) is 0.818. The van der Waals surface area contributed by atoms with Gasteiger partial charge in [0.1, 0.15) is 5.82 Å². The van der Waals surface area contributed by atoms with Gasteiger partial charge in [-0.2, -0.15) is 0 Å². The average Bonchev–Trinajstić information content (AvgIpc) is 2.39. The Morgan fingerprint density at radius 2 is 2.17 bits per heavy atom. The number of piperidine rings is 1. The third kappa shape index (κ3) is 3.02. The topological polar surface area (TPSA) is 19.4 Å². The Morgan fingerprint density at radius 1 is 1.39 bits per heavy atom. The van der Waals surface area contributed by atoms with Crippen LogP contribution in [-0.4, -0.2) is 43.1 Å². The van der Waals surface area contributed by atoms with Crippen molar-refractivity contribution >= 4 is 5.82 Å². The van der Waals surface area contributed by atoms with Gasteiger partial charge in [0.15, 0.2) is 0 Å². The number of hydrogen-bond acceptors (Lipinski definition) is 3. The molecule has 18 heavy (non-hydrogen) atoms. The van der Waals surface area contributed by atoms with Crippen molar-refractivity contribution in [1.82, 2.24) is 9.88 Å². The molecule has 0 N–H and O–H groups in total. The van der Waals surface area contributed by atoms with Gasteiger partial charge in [-0.1, -0.05) is 13.8 Å². The Balaban J connectivity index is 2.13. The van der Waals surface area contributed by atoms with Crippen molar-refractivity contribution in [3.05, 3.63) is 23.9 Å². The molecule has 3 heteroatoms. The molecular weight excluding hydrogens is 222 g/mol. The summed E-state index contributed by atoms with van der Waals surface area (Å²) in [5.74, 6) is 1.72. The highest BCUT2D eigenvalue weighted by molar-refractivity contribution is 5.42. The maximum absolute atomic E-state index is 4.55. The minimum Gasteiger partial charge on any atom is -0.355 e. The number of rotatable bonds is 3. The van der Waals surface area contributed by atoms with E-state index in [2.05, 4.69) is 54.9 Å². The molecular formula is C15H25N3. The largest absolute Gasteiger partial charge is 0.355 e. The van der Waals surface area contributed by atoms with Gasteiger partial charge in [-0.25, -0.2) is 4.98 Å². The minimum absolute atomic E-state index is 0.571. The zero-order valence-corrected chi connectivity index (χ0v) is 12.1. The molecule has 1 atom stereocenters. The fourth-order valence-corrected chi connectivity index (χ4v) is 2.55. The molecule has 0 saturated carbocycles. The van der Waals surface area contributed by atoms with E-state index in [1.54, 1.807) is 0 Å². The van der Waals surface area contributed by atoms with Crippen molar-refractivity contribution in [2.75, 3.05) is 32.1 Å². The lowest BCUT2D eigenvalue weighted by atomic mass is 10.0. The van der Waals surface area contributed by atoms with Crippen molar-refractivity contribution in [2.45, 2.75) is 38.6 Å². The molecule has 3 nitrogen and oxygen atoms in total. The van der Waals surface area contributed by atoms with E-state index in [0.717, 1.165) is 18.9 Å². The van der Waals surface area contributed by atoms with E-state index in [9.17, 15) is 0 Å². The maximum atomic E-state index is 4.55. The normalized spacial score (nSPS) is 20.8. The molecule has 2 heterocycles. The number of pyridine rings is 1. The highest BCUT2D eigenvalue weighted by Crippen LogP contribution is 2.23. The second kappa shape index (κ2) is 5.70. The Kier molecular flexibility index (Phi) is 4.23. The SMILES string of the molecule is CC(C)c1ccnc(N2CCCC(N(C)C)C2)c1. The van der Waals surface area contributed by atoms with Gasteiger partial charge >= 0.3 is 0 Å². The second-order valence-electron chi connectivity index (χ2n) is 5.81. The summed E-state index contributed by atoms with van der Waals surface area (Å²) in [4.78, 5) is 9.31. The molecule has 1 aliphatic rings. The van der Waals surface area contributed by atoms with Crippen molar-refractivity contribution < 1.29 is 0 Å². The Labute approximate surface area is 111 Å². The van der Waals surface area contributed by atoms with Crippen molar-refractivity contribution in [1.29, 1.82) is 0 Å². The number of anilines is 1. The Morgan fingerprint density at radius 3 is 2.83 bits per heavy atom. The smallest absolute Gasteiger partial charge is 0.128 e. The number of likely N-dealkylation sites (N-methyl/N-ethyl adjacent to an activating group) is 1.